The highest BCUT2D eigenvalue weighted by molar-refractivity contribution is 4.89. The Labute approximate surface area is 106 Å². The second-order valence-corrected chi connectivity index (χ2v) is 6.03. The maximum atomic E-state index is 6.07. The van der Waals surface area contributed by atoms with Gasteiger partial charge in [0.1, 0.15) is 0 Å². The molecule has 0 spiro atoms. The number of likely N-dealkylation sites (N-methyl/N-ethyl adjacent to an activating group) is 1. The Hall–Kier alpha value is -0.120. The number of fused-ring (bicyclic) bond motifs is 1. The summed E-state index contributed by atoms with van der Waals surface area (Å²) in [6.07, 6.45) is 5.61. The van der Waals surface area contributed by atoms with E-state index in [4.69, 9.17) is 4.74 Å². The molecule has 2 heterocycles. The van der Waals surface area contributed by atoms with E-state index >= 15 is 0 Å². The molecule has 100 valence electrons. The molecule has 0 bridgehead atoms. The molecule has 0 radical (unpaired) electrons. The summed E-state index contributed by atoms with van der Waals surface area (Å²) < 4.78 is 6.07. The average molecular weight is 240 g/mol. The molecule has 3 nitrogen and oxygen atoms in total. The molecule has 0 aromatic carbocycles. The minimum Gasteiger partial charge on any atom is -0.374 e. The molecule has 2 aliphatic heterocycles. The number of hydrogen-bond acceptors (Lipinski definition) is 3. The summed E-state index contributed by atoms with van der Waals surface area (Å²) in [5.74, 6) is 0.786. The summed E-state index contributed by atoms with van der Waals surface area (Å²) in [6, 6.07) is 1.24. The minimum atomic E-state index is 0.396. The molecule has 17 heavy (non-hydrogen) atoms. The summed E-state index contributed by atoms with van der Waals surface area (Å²) in [5, 5.41) is 3.46. The van der Waals surface area contributed by atoms with Crippen LogP contribution in [-0.2, 0) is 4.74 Å². The van der Waals surface area contributed by atoms with Crippen molar-refractivity contribution < 1.29 is 4.74 Å². The number of nitrogens with one attached hydrogen (secondary N) is 1. The van der Waals surface area contributed by atoms with Crippen LogP contribution in [0.4, 0.5) is 0 Å². The van der Waals surface area contributed by atoms with Gasteiger partial charge in [0.15, 0.2) is 0 Å². The van der Waals surface area contributed by atoms with Gasteiger partial charge in [0.2, 0.25) is 0 Å². The quantitative estimate of drug-likeness (QED) is 0.794. The van der Waals surface area contributed by atoms with Gasteiger partial charge in [-0.3, -0.25) is 4.90 Å². The highest BCUT2D eigenvalue weighted by Crippen LogP contribution is 2.25. The van der Waals surface area contributed by atoms with Crippen LogP contribution in [0.1, 0.15) is 39.5 Å². The molecular formula is C14H28N2O. The van der Waals surface area contributed by atoms with Crippen LogP contribution in [0, 0.1) is 5.92 Å². The zero-order valence-corrected chi connectivity index (χ0v) is 11.6. The van der Waals surface area contributed by atoms with Crippen molar-refractivity contribution >= 4 is 0 Å². The van der Waals surface area contributed by atoms with Crippen molar-refractivity contribution in [2.75, 3.05) is 26.7 Å². The number of morpholine rings is 1. The van der Waals surface area contributed by atoms with Crippen molar-refractivity contribution in [3.63, 3.8) is 0 Å². The number of rotatable bonds is 5. The van der Waals surface area contributed by atoms with Crippen molar-refractivity contribution in [1.82, 2.24) is 10.2 Å². The van der Waals surface area contributed by atoms with Crippen LogP contribution in [0.15, 0.2) is 0 Å². The van der Waals surface area contributed by atoms with Crippen LogP contribution in [-0.4, -0.2) is 49.8 Å². The highest BCUT2D eigenvalue weighted by atomic mass is 16.5. The van der Waals surface area contributed by atoms with Gasteiger partial charge in [-0.15, -0.1) is 0 Å². The van der Waals surface area contributed by atoms with Gasteiger partial charge in [-0.1, -0.05) is 13.8 Å². The van der Waals surface area contributed by atoms with Gasteiger partial charge in [-0.25, -0.2) is 0 Å². The first-order valence-electron chi connectivity index (χ1n) is 7.23. The van der Waals surface area contributed by atoms with Crippen molar-refractivity contribution in [1.29, 1.82) is 0 Å². The van der Waals surface area contributed by atoms with Crippen LogP contribution in [0.5, 0.6) is 0 Å². The van der Waals surface area contributed by atoms with E-state index < -0.39 is 0 Å². The molecule has 0 amide bonds. The molecular weight excluding hydrogens is 212 g/mol. The standard InChI is InChI=1S/C14H28N2O/c1-11(2)6-7-13(15-3)14-9-16-8-4-5-12(16)10-17-14/h11-15H,4-10H2,1-3H3. The summed E-state index contributed by atoms with van der Waals surface area (Å²) in [5.41, 5.74) is 0. The molecule has 2 fully saturated rings. The van der Waals surface area contributed by atoms with Gasteiger partial charge in [0.05, 0.1) is 12.7 Å². The van der Waals surface area contributed by atoms with E-state index in [1.54, 1.807) is 0 Å². The first-order valence-corrected chi connectivity index (χ1v) is 7.23. The molecule has 2 aliphatic rings. The molecule has 3 heteroatoms. The Morgan fingerprint density at radius 3 is 2.88 bits per heavy atom. The molecule has 2 rings (SSSR count). The lowest BCUT2D eigenvalue weighted by Gasteiger charge is -2.39. The van der Waals surface area contributed by atoms with Gasteiger partial charge < -0.3 is 10.1 Å². The predicted octanol–water partition coefficient (Wildman–Crippen LogP) is 1.87. The fourth-order valence-corrected chi connectivity index (χ4v) is 3.12. The van der Waals surface area contributed by atoms with Crippen LogP contribution >= 0.6 is 0 Å². The molecule has 0 saturated carbocycles. The monoisotopic (exact) mass is 240 g/mol. The highest BCUT2D eigenvalue weighted by Gasteiger charge is 2.35. The van der Waals surface area contributed by atoms with Gasteiger partial charge in [0, 0.05) is 18.6 Å². The van der Waals surface area contributed by atoms with E-state index in [0.717, 1.165) is 19.1 Å². The number of hydrogen-bond donors (Lipinski definition) is 1. The minimum absolute atomic E-state index is 0.396. The van der Waals surface area contributed by atoms with Crippen LogP contribution in [0.2, 0.25) is 0 Å². The lowest BCUT2D eigenvalue weighted by atomic mass is 9.98. The average Bonchev–Trinajstić information content (AvgIpc) is 2.76. The lowest BCUT2D eigenvalue weighted by Crippen LogP contribution is -2.53. The maximum absolute atomic E-state index is 6.07. The summed E-state index contributed by atoms with van der Waals surface area (Å²) in [4.78, 5) is 2.63. The molecule has 0 aromatic rings. The van der Waals surface area contributed by atoms with E-state index in [2.05, 4.69) is 31.1 Å². The topological polar surface area (TPSA) is 24.5 Å². The lowest BCUT2D eigenvalue weighted by molar-refractivity contribution is -0.0651. The zero-order valence-electron chi connectivity index (χ0n) is 11.6. The van der Waals surface area contributed by atoms with E-state index in [1.165, 1.54) is 32.2 Å². The van der Waals surface area contributed by atoms with Gasteiger partial charge in [-0.05, 0) is 45.2 Å². The van der Waals surface area contributed by atoms with E-state index in [-0.39, 0.29) is 0 Å². The maximum Gasteiger partial charge on any atom is 0.0855 e. The van der Waals surface area contributed by atoms with Crippen molar-refractivity contribution in [3.8, 4) is 0 Å². The van der Waals surface area contributed by atoms with Gasteiger partial charge in [0.25, 0.3) is 0 Å². The van der Waals surface area contributed by atoms with E-state index in [9.17, 15) is 0 Å². The van der Waals surface area contributed by atoms with Crippen LogP contribution < -0.4 is 5.32 Å². The smallest absolute Gasteiger partial charge is 0.0855 e. The van der Waals surface area contributed by atoms with Crippen molar-refractivity contribution in [3.05, 3.63) is 0 Å². The predicted molar refractivity (Wildman–Crippen MR) is 71.3 cm³/mol. The summed E-state index contributed by atoms with van der Waals surface area (Å²) >= 11 is 0. The normalized spacial score (nSPS) is 31.8. The molecule has 3 atom stereocenters. The SMILES string of the molecule is CNC(CCC(C)C)C1CN2CCCC2CO1. The largest absolute Gasteiger partial charge is 0.374 e. The molecule has 0 aliphatic carbocycles. The second-order valence-electron chi connectivity index (χ2n) is 6.03. The fourth-order valence-electron chi connectivity index (χ4n) is 3.12. The third-order valence-electron chi connectivity index (χ3n) is 4.29. The summed E-state index contributed by atoms with van der Waals surface area (Å²) in [6.45, 7) is 7.96. The third kappa shape index (κ3) is 3.43. The van der Waals surface area contributed by atoms with Crippen LogP contribution in [0.25, 0.3) is 0 Å². The first-order chi connectivity index (χ1) is 8.20. The van der Waals surface area contributed by atoms with Gasteiger partial charge >= 0.3 is 0 Å². The Bertz CT molecular complexity index is 232. The zero-order chi connectivity index (χ0) is 12.3. The van der Waals surface area contributed by atoms with Crippen molar-refractivity contribution in [2.24, 2.45) is 5.92 Å². The number of nitrogens with zero attached hydrogens (tertiary/aromatic N) is 1. The van der Waals surface area contributed by atoms with Crippen LogP contribution in [0.3, 0.4) is 0 Å². The summed E-state index contributed by atoms with van der Waals surface area (Å²) in [7, 11) is 2.07. The molecule has 2 saturated heterocycles. The Morgan fingerprint density at radius 2 is 2.18 bits per heavy atom. The Balaban J connectivity index is 1.82. The second kappa shape index (κ2) is 6.17. The first kappa shape index (κ1) is 13.3. The molecule has 1 N–H and O–H groups in total. The van der Waals surface area contributed by atoms with Gasteiger partial charge in [-0.2, -0.15) is 0 Å². The molecule has 0 aromatic heterocycles. The van der Waals surface area contributed by atoms with E-state index in [1.807, 2.05) is 0 Å². The van der Waals surface area contributed by atoms with Crippen molar-refractivity contribution in [2.45, 2.75) is 57.7 Å². The number of ether oxygens (including phenoxy) is 1. The Kier molecular flexibility index (Phi) is 4.83. The Morgan fingerprint density at radius 1 is 1.35 bits per heavy atom. The third-order valence-corrected chi connectivity index (χ3v) is 4.29. The fraction of sp³-hybridized carbons (Fsp3) is 1.00. The molecule has 3 unspecified atom stereocenters. The van der Waals surface area contributed by atoms with E-state index in [0.29, 0.717) is 18.2 Å².